The average Bonchev–Trinajstić information content (AvgIpc) is 1.82. The van der Waals surface area contributed by atoms with Gasteiger partial charge in [-0.2, -0.15) is 0 Å². The minimum Gasteiger partial charge on any atom is -0.760 e. The molecule has 0 aromatic carbocycles. The van der Waals surface area contributed by atoms with Crippen molar-refractivity contribution in [1.29, 1.82) is 0 Å². The normalized spacial score (nSPS) is 14.6. The van der Waals surface area contributed by atoms with E-state index >= 15 is 0 Å². The Morgan fingerprint density at radius 3 is 2.10 bits per heavy atom. The van der Waals surface area contributed by atoms with Crippen LogP contribution in [0.4, 0.5) is 0 Å². The van der Waals surface area contributed by atoms with E-state index in [1.54, 1.807) is 7.05 Å². The second kappa shape index (κ2) is 4.79. The molecule has 0 rings (SSSR count). The van der Waals surface area contributed by atoms with Gasteiger partial charge in [-0.25, -0.2) is 4.31 Å². The van der Waals surface area contributed by atoms with E-state index in [-0.39, 0.29) is 0 Å². The molecule has 0 saturated heterocycles. The summed E-state index contributed by atoms with van der Waals surface area (Å²) in [4.78, 5) is 1.93. The van der Waals surface area contributed by atoms with Crippen LogP contribution in [-0.2, 0) is 11.3 Å². The minimum absolute atomic E-state index is 0.545. The quantitative estimate of drug-likeness (QED) is 0.516. The number of nitrogens with zero attached hydrogens (tertiary/aromatic N) is 2. The molecule has 0 aliphatic carbocycles. The SMILES string of the molecule is CN(C)CCN(C)S(=O)[O-]. The van der Waals surface area contributed by atoms with Crippen LogP contribution in [-0.4, -0.2) is 52.2 Å². The van der Waals surface area contributed by atoms with Crippen molar-refractivity contribution in [3.8, 4) is 0 Å². The largest absolute Gasteiger partial charge is 0.760 e. The Labute approximate surface area is 64.2 Å². The molecule has 0 saturated carbocycles. The number of hydrogen-bond donors (Lipinski definition) is 0. The van der Waals surface area contributed by atoms with Crippen LogP contribution in [0.1, 0.15) is 0 Å². The van der Waals surface area contributed by atoms with Crippen LogP contribution in [0.25, 0.3) is 0 Å². The molecular weight excluding hydrogens is 152 g/mol. The van der Waals surface area contributed by atoms with Crippen molar-refractivity contribution in [2.75, 3.05) is 34.2 Å². The van der Waals surface area contributed by atoms with E-state index in [9.17, 15) is 8.76 Å². The Balaban J connectivity index is 3.40. The summed E-state index contributed by atoms with van der Waals surface area (Å²) < 4.78 is 21.7. The third kappa shape index (κ3) is 4.87. The third-order valence-corrected chi connectivity index (χ3v) is 1.81. The van der Waals surface area contributed by atoms with Gasteiger partial charge in [0, 0.05) is 24.4 Å². The van der Waals surface area contributed by atoms with Crippen LogP contribution < -0.4 is 0 Å². The van der Waals surface area contributed by atoms with E-state index in [0.717, 1.165) is 6.54 Å². The van der Waals surface area contributed by atoms with Crippen molar-refractivity contribution < 1.29 is 8.76 Å². The molecule has 62 valence electrons. The van der Waals surface area contributed by atoms with E-state index in [2.05, 4.69) is 0 Å². The zero-order chi connectivity index (χ0) is 8.15. The molecule has 0 N–H and O–H groups in total. The van der Waals surface area contributed by atoms with Crippen molar-refractivity contribution in [2.24, 2.45) is 0 Å². The van der Waals surface area contributed by atoms with Crippen LogP contribution in [0.3, 0.4) is 0 Å². The predicted molar refractivity (Wildman–Crippen MR) is 40.1 cm³/mol. The first-order valence-corrected chi connectivity index (χ1v) is 4.02. The van der Waals surface area contributed by atoms with Crippen molar-refractivity contribution in [3.05, 3.63) is 0 Å². The van der Waals surface area contributed by atoms with E-state index < -0.39 is 11.3 Å². The Bertz CT molecular complexity index is 118. The van der Waals surface area contributed by atoms with Gasteiger partial charge in [-0.15, -0.1) is 0 Å². The standard InChI is InChI=1S/C5H14N2O2S/c1-6(2)4-5-7(3)10(8)9/h4-5H2,1-3H3,(H,8,9)/p-1. The van der Waals surface area contributed by atoms with Gasteiger partial charge in [-0.05, 0) is 21.1 Å². The molecule has 0 bridgehead atoms. The summed E-state index contributed by atoms with van der Waals surface area (Å²) in [5.41, 5.74) is 0. The van der Waals surface area contributed by atoms with Gasteiger partial charge in [0.25, 0.3) is 0 Å². The zero-order valence-corrected chi connectivity index (χ0v) is 7.35. The number of hydrogen-bond acceptors (Lipinski definition) is 3. The molecule has 0 aromatic heterocycles. The molecule has 1 unspecified atom stereocenters. The van der Waals surface area contributed by atoms with Crippen molar-refractivity contribution in [2.45, 2.75) is 0 Å². The van der Waals surface area contributed by atoms with E-state index in [1.165, 1.54) is 4.31 Å². The maximum absolute atomic E-state index is 10.2. The Hall–Kier alpha value is 0.0300. The topological polar surface area (TPSA) is 46.6 Å². The highest BCUT2D eigenvalue weighted by atomic mass is 32.2. The molecule has 4 nitrogen and oxygen atoms in total. The third-order valence-electron chi connectivity index (χ3n) is 1.12. The van der Waals surface area contributed by atoms with Crippen molar-refractivity contribution in [1.82, 2.24) is 9.21 Å². The molecule has 5 heteroatoms. The van der Waals surface area contributed by atoms with Gasteiger partial charge in [-0.1, -0.05) is 0 Å². The Morgan fingerprint density at radius 2 is 1.80 bits per heavy atom. The highest BCUT2D eigenvalue weighted by Crippen LogP contribution is 1.85. The fourth-order valence-electron chi connectivity index (χ4n) is 0.415. The molecule has 0 aromatic rings. The summed E-state index contributed by atoms with van der Waals surface area (Å²) in [5, 5.41) is 0. The highest BCUT2D eigenvalue weighted by Gasteiger charge is 1.96. The van der Waals surface area contributed by atoms with Gasteiger partial charge in [0.1, 0.15) is 0 Å². The molecule has 0 fully saturated rings. The first kappa shape index (κ1) is 10.0. The monoisotopic (exact) mass is 165 g/mol. The first-order chi connectivity index (χ1) is 4.54. The summed E-state index contributed by atoms with van der Waals surface area (Å²) in [6.07, 6.45) is 0. The molecule has 0 heterocycles. The summed E-state index contributed by atoms with van der Waals surface area (Å²) in [5.74, 6) is 0. The lowest BCUT2D eigenvalue weighted by atomic mass is 10.6. The summed E-state index contributed by atoms with van der Waals surface area (Å²) in [6, 6.07) is 0. The molecule has 1 atom stereocenters. The Kier molecular flexibility index (Phi) is 4.80. The maximum atomic E-state index is 10.2. The summed E-state index contributed by atoms with van der Waals surface area (Å²) >= 11 is -2.07. The lowest BCUT2D eigenvalue weighted by molar-refractivity contribution is 0.351. The molecule has 10 heavy (non-hydrogen) atoms. The minimum atomic E-state index is -2.07. The summed E-state index contributed by atoms with van der Waals surface area (Å²) in [7, 11) is 5.36. The highest BCUT2D eigenvalue weighted by molar-refractivity contribution is 7.76. The smallest absolute Gasteiger partial charge is 0.0226 e. The molecule has 0 spiro atoms. The van der Waals surface area contributed by atoms with Gasteiger partial charge in [0.05, 0.1) is 0 Å². The van der Waals surface area contributed by atoms with E-state index in [0.29, 0.717) is 6.54 Å². The number of rotatable bonds is 4. The lowest BCUT2D eigenvalue weighted by Gasteiger charge is -2.20. The fourth-order valence-corrected chi connectivity index (χ4v) is 0.646. The van der Waals surface area contributed by atoms with Crippen LogP contribution in [0.2, 0.25) is 0 Å². The lowest BCUT2D eigenvalue weighted by Crippen LogP contribution is -2.29. The van der Waals surface area contributed by atoms with Crippen LogP contribution in [0.5, 0.6) is 0 Å². The van der Waals surface area contributed by atoms with Crippen molar-refractivity contribution >= 4 is 11.3 Å². The van der Waals surface area contributed by atoms with E-state index in [1.807, 2.05) is 19.0 Å². The molecule has 0 aliphatic rings. The second-order valence-electron chi connectivity index (χ2n) is 2.37. The maximum Gasteiger partial charge on any atom is 0.0226 e. The van der Waals surface area contributed by atoms with Gasteiger partial charge in [0.15, 0.2) is 0 Å². The Morgan fingerprint density at radius 1 is 1.30 bits per heavy atom. The summed E-state index contributed by atoms with van der Waals surface area (Å²) in [6.45, 7) is 1.30. The van der Waals surface area contributed by atoms with Crippen LogP contribution in [0, 0.1) is 0 Å². The molecule has 0 aliphatic heterocycles. The average molecular weight is 165 g/mol. The predicted octanol–water partition coefficient (Wildman–Crippen LogP) is -0.726. The van der Waals surface area contributed by atoms with Crippen LogP contribution in [0.15, 0.2) is 0 Å². The van der Waals surface area contributed by atoms with Crippen LogP contribution >= 0.6 is 0 Å². The van der Waals surface area contributed by atoms with Gasteiger partial charge in [0.2, 0.25) is 0 Å². The van der Waals surface area contributed by atoms with E-state index in [4.69, 9.17) is 0 Å². The fraction of sp³-hybridized carbons (Fsp3) is 1.00. The molecule has 0 amide bonds. The molecular formula is C5H13N2O2S-. The van der Waals surface area contributed by atoms with Gasteiger partial charge >= 0.3 is 0 Å². The molecule has 0 radical (unpaired) electrons. The second-order valence-corrected chi connectivity index (χ2v) is 3.43. The van der Waals surface area contributed by atoms with Gasteiger partial charge < -0.3 is 9.45 Å². The first-order valence-electron chi connectivity index (χ1n) is 2.99. The number of likely N-dealkylation sites (N-methyl/N-ethyl adjacent to an activating group) is 2. The van der Waals surface area contributed by atoms with Gasteiger partial charge in [-0.3, -0.25) is 4.21 Å². The van der Waals surface area contributed by atoms with Crippen molar-refractivity contribution in [3.63, 3.8) is 0 Å². The zero-order valence-electron chi connectivity index (χ0n) is 6.53.